The fourth-order valence-electron chi connectivity index (χ4n) is 2.74. The molecule has 2 amide bonds. The SMILES string of the molecule is CC(Cc1ccc2ccccc2c1)NC(=O)N(C)CC(C)(C)O. The maximum Gasteiger partial charge on any atom is 0.317 e. The van der Waals surface area contributed by atoms with Crippen LogP contribution in [0.1, 0.15) is 26.3 Å². The standard InChI is InChI=1S/C19H26N2O2/c1-14(20-18(22)21(4)13-19(2,3)23)11-15-9-10-16-7-5-6-8-17(16)12-15/h5-10,12,14,23H,11,13H2,1-4H3,(H,20,22). The molecule has 2 rings (SSSR count). The number of aliphatic hydroxyl groups is 1. The number of amides is 2. The van der Waals surface area contributed by atoms with E-state index in [4.69, 9.17) is 0 Å². The van der Waals surface area contributed by atoms with Gasteiger partial charge in [0.25, 0.3) is 0 Å². The molecular weight excluding hydrogens is 288 g/mol. The molecule has 1 atom stereocenters. The second-order valence-electron chi connectivity index (χ2n) is 6.90. The van der Waals surface area contributed by atoms with E-state index in [1.807, 2.05) is 19.1 Å². The number of urea groups is 1. The summed E-state index contributed by atoms with van der Waals surface area (Å²) in [6.45, 7) is 5.66. The van der Waals surface area contributed by atoms with Crippen LogP contribution in [0.25, 0.3) is 10.8 Å². The maximum atomic E-state index is 12.1. The Labute approximate surface area is 138 Å². The van der Waals surface area contributed by atoms with Crippen LogP contribution in [-0.2, 0) is 6.42 Å². The second kappa shape index (κ2) is 7.01. The van der Waals surface area contributed by atoms with Crippen molar-refractivity contribution in [1.82, 2.24) is 10.2 Å². The lowest BCUT2D eigenvalue weighted by molar-refractivity contribution is 0.0528. The highest BCUT2D eigenvalue weighted by Gasteiger charge is 2.20. The number of carbonyl (C=O) groups excluding carboxylic acids is 1. The minimum atomic E-state index is -0.895. The molecule has 0 radical (unpaired) electrons. The molecule has 0 spiro atoms. The van der Waals surface area contributed by atoms with E-state index in [2.05, 4.69) is 35.6 Å². The lowest BCUT2D eigenvalue weighted by atomic mass is 10.0. The lowest BCUT2D eigenvalue weighted by Gasteiger charge is -2.27. The van der Waals surface area contributed by atoms with E-state index in [-0.39, 0.29) is 12.1 Å². The molecule has 2 aromatic rings. The van der Waals surface area contributed by atoms with Gasteiger partial charge in [-0.25, -0.2) is 4.79 Å². The van der Waals surface area contributed by atoms with E-state index < -0.39 is 5.60 Å². The quantitative estimate of drug-likeness (QED) is 0.890. The Bertz CT molecular complexity index is 676. The number of hydrogen-bond acceptors (Lipinski definition) is 2. The van der Waals surface area contributed by atoms with Crippen molar-refractivity contribution in [3.05, 3.63) is 48.0 Å². The smallest absolute Gasteiger partial charge is 0.317 e. The average Bonchev–Trinajstić information content (AvgIpc) is 2.45. The van der Waals surface area contributed by atoms with Gasteiger partial charge in [-0.15, -0.1) is 0 Å². The summed E-state index contributed by atoms with van der Waals surface area (Å²) in [7, 11) is 1.69. The van der Waals surface area contributed by atoms with Crippen LogP contribution < -0.4 is 5.32 Å². The van der Waals surface area contributed by atoms with Gasteiger partial charge in [-0.2, -0.15) is 0 Å². The molecule has 0 aliphatic carbocycles. The minimum absolute atomic E-state index is 0.0212. The molecule has 0 saturated heterocycles. The van der Waals surface area contributed by atoms with Crippen molar-refractivity contribution < 1.29 is 9.90 Å². The van der Waals surface area contributed by atoms with Crippen molar-refractivity contribution in [3.8, 4) is 0 Å². The van der Waals surface area contributed by atoms with E-state index >= 15 is 0 Å². The van der Waals surface area contributed by atoms with E-state index in [0.717, 1.165) is 6.42 Å². The number of benzene rings is 2. The third-order valence-electron chi connectivity index (χ3n) is 3.70. The highest BCUT2D eigenvalue weighted by Crippen LogP contribution is 2.16. The second-order valence-corrected chi connectivity index (χ2v) is 6.90. The van der Waals surface area contributed by atoms with Gasteiger partial charge in [-0.05, 0) is 43.5 Å². The van der Waals surface area contributed by atoms with Gasteiger partial charge in [-0.3, -0.25) is 0 Å². The van der Waals surface area contributed by atoms with E-state index in [1.165, 1.54) is 21.2 Å². The predicted molar refractivity (Wildman–Crippen MR) is 94.6 cm³/mol. The summed E-state index contributed by atoms with van der Waals surface area (Å²) in [6, 6.07) is 14.5. The monoisotopic (exact) mass is 314 g/mol. The summed E-state index contributed by atoms with van der Waals surface area (Å²) in [4.78, 5) is 13.6. The topological polar surface area (TPSA) is 52.6 Å². The van der Waals surface area contributed by atoms with Gasteiger partial charge in [0, 0.05) is 13.1 Å². The first-order valence-electron chi connectivity index (χ1n) is 7.96. The number of carbonyl (C=O) groups is 1. The molecule has 0 saturated carbocycles. The Balaban J connectivity index is 1.95. The van der Waals surface area contributed by atoms with Gasteiger partial charge in [-0.1, -0.05) is 42.5 Å². The van der Waals surface area contributed by atoms with Gasteiger partial charge in [0.1, 0.15) is 0 Å². The van der Waals surface area contributed by atoms with Crippen LogP contribution in [0.3, 0.4) is 0 Å². The van der Waals surface area contributed by atoms with Crippen LogP contribution in [0.15, 0.2) is 42.5 Å². The highest BCUT2D eigenvalue weighted by molar-refractivity contribution is 5.83. The van der Waals surface area contributed by atoms with Crippen molar-refractivity contribution in [1.29, 1.82) is 0 Å². The molecule has 0 aliphatic heterocycles. The number of likely N-dealkylation sites (N-methyl/N-ethyl adjacent to an activating group) is 1. The Morgan fingerprint density at radius 3 is 2.52 bits per heavy atom. The molecule has 0 bridgehead atoms. The highest BCUT2D eigenvalue weighted by atomic mass is 16.3. The molecule has 0 aliphatic rings. The Hall–Kier alpha value is -2.07. The molecule has 0 aromatic heterocycles. The lowest BCUT2D eigenvalue weighted by Crippen LogP contribution is -2.47. The molecule has 124 valence electrons. The molecular formula is C19H26N2O2. The van der Waals surface area contributed by atoms with Crippen molar-refractivity contribution in [2.75, 3.05) is 13.6 Å². The molecule has 2 aromatic carbocycles. The Morgan fingerprint density at radius 1 is 1.22 bits per heavy atom. The summed E-state index contributed by atoms with van der Waals surface area (Å²) in [6.07, 6.45) is 0.771. The average molecular weight is 314 g/mol. The van der Waals surface area contributed by atoms with Crippen LogP contribution in [0.4, 0.5) is 4.79 Å². The van der Waals surface area contributed by atoms with Gasteiger partial charge >= 0.3 is 6.03 Å². The fourth-order valence-corrected chi connectivity index (χ4v) is 2.74. The molecule has 0 fully saturated rings. The molecule has 4 heteroatoms. The van der Waals surface area contributed by atoms with Crippen LogP contribution in [0, 0.1) is 0 Å². The normalized spacial score (nSPS) is 12.9. The molecule has 1 unspecified atom stereocenters. The molecule has 4 nitrogen and oxygen atoms in total. The van der Waals surface area contributed by atoms with Crippen molar-refractivity contribution >= 4 is 16.8 Å². The zero-order valence-corrected chi connectivity index (χ0v) is 14.3. The number of nitrogens with zero attached hydrogens (tertiary/aromatic N) is 1. The largest absolute Gasteiger partial charge is 0.389 e. The van der Waals surface area contributed by atoms with Gasteiger partial charge in [0.05, 0.1) is 12.1 Å². The summed E-state index contributed by atoms with van der Waals surface area (Å²) < 4.78 is 0. The first kappa shape index (κ1) is 17.3. The predicted octanol–water partition coefficient (Wildman–Crippen LogP) is 3.18. The summed E-state index contributed by atoms with van der Waals surface area (Å²) in [5.41, 5.74) is 0.301. The van der Waals surface area contributed by atoms with Crippen molar-refractivity contribution in [2.45, 2.75) is 38.8 Å². The Morgan fingerprint density at radius 2 is 1.87 bits per heavy atom. The zero-order chi connectivity index (χ0) is 17.0. The van der Waals surface area contributed by atoms with Gasteiger partial charge in [0.2, 0.25) is 0 Å². The van der Waals surface area contributed by atoms with Crippen molar-refractivity contribution in [3.63, 3.8) is 0 Å². The molecule has 2 N–H and O–H groups in total. The first-order chi connectivity index (χ1) is 10.7. The number of nitrogens with one attached hydrogen (secondary N) is 1. The molecule has 23 heavy (non-hydrogen) atoms. The van der Waals surface area contributed by atoms with Crippen LogP contribution in [0.2, 0.25) is 0 Å². The third kappa shape index (κ3) is 5.25. The van der Waals surface area contributed by atoms with Crippen LogP contribution in [0.5, 0.6) is 0 Å². The van der Waals surface area contributed by atoms with Crippen molar-refractivity contribution in [2.24, 2.45) is 0 Å². The van der Waals surface area contributed by atoms with E-state index in [9.17, 15) is 9.90 Å². The molecule has 0 heterocycles. The summed E-state index contributed by atoms with van der Waals surface area (Å²) >= 11 is 0. The van der Waals surface area contributed by atoms with E-state index in [0.29, 0.717) is 6.54 Å². The Kier molecular flexibility index (Phi) is 5.26. The zero-order valence-electron chi connectivity index (χ0n) is 14.3. The number of hydrogen-bond donors (Lipinski definition) is 2. The fraction of sp³-hybridized carbons (Fsp3) is 0.421. The summed E-state index contributed by atoms with van der Waals surface area (Å²) in [5.74, 6) is 0. The first-order valence-corrected chi connectivity index (χ1v) is 7.96. The number of fused-ring (bicyclic) bond motifs is 1. The van der Waals surface area contributed by atoms with Crippen LogP contribution in [-0.4, -0.2) is 41.3 Å². The third-order valence-corrected chi connectivity index (χ3v) is 3.70. The van der Waals surface area contributed by atoms with Gasteiger partial charge in [0.15, 0.2) is 0 Å². The minimum Gasteiger partial charge on any atom is -0.389 e. The summed E-state index contributed by atoms with van der Waals surface area (Å²) in [5, 5.41) is 15.2. The van der Waals surface area contributed by atoms with Crippen LogP contribution >= 0.6 is 0 Å². The maximum absolute atomic E-state index is 12.1. The van der Waals surface area contributed by atoms with Gasteiger partial charge < -0.3 is 15.3 Å². The van der Waals surface area contributed by atoms with E-state index in [1.54, 1.807) is 20.9 Å². The number of rotatable bonds is 5.